The number of quaternary nitrogens is 1. The summed E-state index contributed by atoms with van der Waals surface area (Å²) in [6, 6.07) is 12.8. The molecular weight excluding hydrogens is 278 g/mol. The van der Waals surface area contributed by atoms with E-state index < -0.39 is 0 Å². The Bertz CT molecular complexity index is 588. The van der Waals surface area contributed by atoms with Gasteiger partial charge in [0.25, 0.3) is 0 Å². The average Bonchev–Trinajstić information content (AvgIpc) is 2.45. The third kappa shape index (κ3) is 3.22. The van der Waals surface area contributed by atoms with Gasteiger partial charge in [0.1, 0.15) is 5.82 Å². The van der Waals surface area contributed by atoms with Gasteiger partial charge >= 0.3 is 0 Å². The molecule has 0 aliphatic carbocycles. The van der Waals surface area contributed by atoms with Gasteiger partial charge in [-0.15, -0.1) is 0 Å². The van der Waals surface area contributed by atoms with Crippen molar-refractivity contribution in [3.05, 3.63) is 42.6 Å². The van der Waals surface area contributed by atoms with E-state index in [0.29, 0.717) is 0 Å². The molecule has 1 aromatic heterocycles. The molecule has 3 nitrogen and oxygen atoms in total. The molecule has 3 rings (SSSR count). The fourth-order valence-corrected chi connectivity index (χ4v) is 3.66. The Kier molecular flexibility index (Phi) is 3.91. The van der Waals surface area contributed by atoms with Gasteiger partial charge in [-0.2, -0.15) is 0 Å². The largest absolute Gasteiger partial charge is 0.331 e. The number of fused-ring (bicyclic) bond motifs is 2. The van der Waals surface area contributed by atoms with Gasteiger partial charge < -0.3 is 9.38 Å². The second-order valence-electron chi connectivity index (χ2n) is 6.41. The number of aromatic nitrogens is 1. The van der Waals surface area contributed by atoms with Crippen LogP contribution in [0.3, 0.4) is 0 Å². The van der Waals surface area contributed by atoms with Crippen LogP contribution < -0.4 is 4.90 Å². The molecule has 2 heterocycles. The molecule has 110 valence electrons. The molecule has 0 bridgehead atoms. The van der Waals surface area contributed by atoms with Crippen molar-refractivity contribution in [3.63, 3.8) is 0 Å². The van der Waals surface area contributed by atoms with Crippen LogP contribution in [0.2, 0.25) is 0 Å². The molecule has 0 atom stereocenters. The molecule has 21 heavy (non-hydrogen) atoms. The minimum Gasteiger partial charge on any atom is -0.331 e. The van der Waals surface area contributed by atoms with Gasteiger partial charge in [0.2, 0.25) is 0 Å². The summed E-state index contributed by atoms with van der Waals surface area (Å²) in [7, 11) is 6.73. The zero-order valence-electron chi connectivity index (χ0n) is 12.9. The minimum atomic E-state index is 0.999. The summed E-state index contributed by atoms with van der Waals surface area (Å²) in [5.41, 5.74) is 1.29. The molecule has 0 spiro atoms. The highest BCUT2D eigenvalue weighted by atomic mass is 32.2. The van der Waals surface area contributed by atoms with Crippen LogP contribution in [0.25, 0.3) is 0 Å². The lowest BCUT2D eigenvalue weighted by Crippen LogP contribution is -2.37. The molecule has 0 saturated carbocycles. The first-order valence-electron chi connectivity index (χ1n) is 7.34. The molecule has 0 N–H and O–H groups in total. The van der Waals surface area contributed by atoms with Gasteiger partial charge in [-0.05, 0) is 24.3 Å². The van der Waals surface area contributed by atoms with Crippen LogP contribution in [0.4, 0.5) is 11.5 Å². The van der Waals surface area contributed by atoms with Crippen LogP contribution in [0.15, 0.2) is 52.4 Å². The molecule has 1 aromatic carbocycles. The molecular formula is C17H22N3S+. The second kappa shape index (κ2) is 5.70. The maximum Gasteiger partial charge on any atom is 0.147 e. The Morgan fingerprint density at radius 1 is 1.05 bits per heavy atom. The van der Waals surface area contributed by atoms with Crippen molar-refractivity contribution in [1.29, 1.82) is 0 Å². The molecule has 0 unspecified atom stereocenters. The van der Waals surface area contributed by atoms with E-state index in [9.17, 15) is 0 Å². The number of nitrogens with zero attached hydrogens (tertiary/aromatic N) is 3. The first kappa shape index (κ1) is 14.4. The van der Waals surface area contributed by atoms with Crippen molar-refractivity contribution >= 4 is 23.3 Å². The van der Waals surface area contributed by atoms with Gasteiger partial charge in [-0.25, -0.2) is 4.98 Å². The number of pyridine rings is 1. The summed E-state index contributed by atoms with van der Waals surface area (Å²) in [5, 5.41) is 0. The second-order valence-corrected chi connectivity index (χ2v) is 7.50. The molecule has 0 radical (unpaired) electrons. The molecule has 0 fully saturated rings. The van der Waals surface area contributed by atoms with Crippen molar-refractivity contribution in [2.45, 2.75) is 16.2 Å². The van der Waals surface area contributed by atoms with Crippen LogP contribution in [0, 0.1) is 0 Å². The van der Waals surface area contributed by atoms with Crippen molar-refractivity contribution in [2.75, 3.05) is 39.1 Å². The van der Waals surface area contributed by atoms with E-state index in [1.54, 1.807) is 0 Å². The summed E-state index contributed by atoms with van der Waals surface area (Å²) in [6.07, 6.45) is 3.04. The van der Waals surface area contributed by atoms with Crippen LogP contribution >= 0.6 is 11.8 Å². The summed E-state index contributed by atoms with van der Waals surface area (Å²) < 4.78 is 0.999. The van der Waals surface area contributed by atoms with Gasteiger partial charge in [-0.3, -0.25) is 0 Å². The van der Waals surface area contributed by atoms with Gasteiger partial charge in [-0.1, -0.05) is 23.9 Å². The van der Waals surface area contributed by atoms with Crippen molar-refractivity contribution < 1.29 is 4.48 Å². The fourth-order valence-electron chi connectivity index (χ4n) is 2.59. The monoisotopic (exact) mass is 300 g/mol. The number of rotatable bonds is 4. The minimum absolute atomic E-state index is 0.999. The zero-order valence-corrected chi connectivity index (χ0v) is 13.7. The lowest BCUT2D eigenvalue weighted by atomic mass is 10.2. The van der Waals surface area contributed by atoms with Crippen LogP contribution in [-0.4, -0.2) is 43.7 Å². The summed E-state index contributed by atoms with van der Waals surface area (Å²) >= 11 is 1.82. The number of hydrogen-bond acceptors (Lipinski definition) is 3. The third-order valence-corrected chi connectivity index (χ3v) is 4.70. The third-order valence-electron chi connectivity index (χ3n) is 3.59. The molecule has 4 heteroatoms. The standard InChI is InChI=1S/C17H22N3S/c1-20(2,3)13-7-12-19-14-8-4-5-9-15(14)21-16-10-6-11-18-17(16)19/h4-6,8-11H,7,12-13H2,1-3H3/q+1. The summed E-state index contributed by atoms with van der Waals surface area (Å²) in [6.45, 7) is 2.17. The molecule has 2 aromatic rings. The maximum atomic E-state index is 4.61. The summed E-state index contributed by atoms with van der Waals surface area (Å²) in [4.78, 5) is 9.56. The van der Waals surface area contributed by atoms with E-state index in [0.717, 1.165) is 29.8 Å². The summed E-state index contributed by atoms with van der Waals surface area (Å²) in [5.74, 6) is 1.10. The SMILES string of the molecule is C[N+](C)(C)CCCN1c2ccccc2Sc2cccnc21. The van der Waals surface area contributed by atoms with Gasteiger partial charge in [0.05, 0.1) is 38.3 Å². The smallest absolute Gasteiger partial charge is 0.147 e. The predicted molar refractivity (Wildman–Crippen MR) is 89.3 cm³/mol. The Labute approximate surface area is 131 Å². The van der Waals surface area contributed by atoms with Gasteiger partial charge in [0.15, 0.2) is 0 Å². The number of hydrogen-bond donors (Lipinski definition) is 0. The van der Waals surface area contributed by atoms with E-state index in [4.69, 9.17) is 0 Å². The van der Waals surface area contributed by atoms with E-state index in [1.165, 1.54) is 15.5 Å². The number of benzene rings is 1. The van der Waals surface area contributed by atoms with E-state index >= 15 is 0 Å². The Morgan fingerprint density at radius 3 is 2.62 bits per heavy atom. The average molecular weight is 300 g/mol. The Hall–Kier alpha value is -1.52. The molecule has 1 aliphatic heterocycles. The van der Waals surface area contributed by atoms with Crippen molar-refractivity contribution in [1.82, 2.24) is 4.98 Å². The van der Waals surface area contributed by atoms with Crippen molar-refractivity contribution in [3.8, 4) is 0 Å². The van der Waals surface area contributed by atoms with E-state index in [2.05, 4.69) is 61.4 Å². The highest BCUT2D eigenvalue weighted by Gasteiger charge is 2.24. The number of anilines is 2. The molecule has 0 saturated heterocycles. The highest BCUT2D eigenvalue weighted by Crippen LogP contribution is 2.46. The van der Waals surface area contributed by atoms with E-state index in [1.807, 2.05) is 24.0 Å². The topological polar surface area (TPSA) is 16.1 Å². The van der Waals surface area contributed by atoms with Crippen LogP contribution in [0.1, 0.15) is 6.42 Å². The van der Waals surface area contributed by atoms with Crippen molar-refractivity contribution in [2.24, 2.45) is 0 Å². The van der Waals surface area contributed by atoms with Crippen LogP contribution in [-0.2, 0) is 0 Å². The number of para-hydroxylation sites is 1. The lowest BCUT2D eigenvalue weighted by Gasteiger charge is -2.32. The fraction of sp³-hybridized carbons (Fsp3) is 0.353. The van der Waals surface area contributed by atoms with Gasteiger partial charge in [0, 0.05) is 24.1 Å². The highest BCUT2D eigenvalue weighted by molar-refractivity contribution is 7.99. The predicted octanol–water partition coefficient (Wildman–Crippen LogP) is 3.78. The van der Waals surface area contributed by atoms with E-state index in [-0.39, 0.29) is 0 Å². The normalized spacial score (nSPS) is 13.8. The first-order chi connectivity index (χ1) is 10.0. The Morgan fingerprint density at radius 2 is 1.81 bits per heavy atom. The molecule has 0 amide bonds. The zero-order chi connectivity index (χ0) is 14.9. The first-order valence-corrected chi connectivity index (χ1v) is 8.16. The Balaban J connectivity index is 1.88. The maximum absolute atomic E-state index is 4.61. The van der Waals surface area contributed by atoms with Crippen LogP contribution in [0.5, 0.6) is 0 Å². The molecule has 1 aliphatic rings. The lowest BCUT2D eigenvalue weighted by molar-refractivity contribution is -0.870. The quantitative estimate of drug-likeness (QED) is 0.799.